The molecule has 1 heterocycles. The Morgan fingerprint density at radius 2 is 2.41 bits per heavy atom. The quantitative estimate of drug-likeness (QED) is 0.734. The molecule has 94 valence electrons. The molecule has 0 amide bonds. The van der Waals surface area contributed by atoms with E-state index in [0.717, 1.165) is 12.8 Å². The largest absolute Gasteiger partial charge is 0.383 e. The van der Waals surface area contributed by atoms with E-state index in [1.807, 2.05) is 6.92 Å². The normalized spacial score (nSPS) is 17.1. The molecule has 1 aliphatic carbocycles. The van der Waals surface area contributed by atoms with Crippen molar-refractivity contribution in [3.05, 3.63) is 16.9 Å². The fraction of sp³-hybridized carbons (Fsp3) is 0.667. The second-order valence-electron chi connectivity index (χ2n) is 4.55. The van der Waals surface area contributed by atoms with Gasteiger partial charge in [0.15, 0.2) is 5.78 Å². The van der Waals surface area contributed by atoms with E-state index in [1.54, 1.807) is 11.8 Å². The van der Waals surface area contributed by atoms with E-state index >= 15 is 0 Å². The van der Waals surface area contributed by atoms with Crippen molar-refractivity contribution in [3.63, 3.8) is 0 Å². The Bertz CT molecular complexity index is 413. The predicted octanol–water partition coefficient (Wildman–Crippen LogP) is 2.41. The Kier molecular flexibility index (Phi) is 3.84. The number of halogens is 1. The summed E-state index contributed by atoms with van der Waals surface area (Å²) in [5.74, 6) is 0.681. The fourth-order valence-electron chi connectivity index (χ4n) is 1.98. The molecule has 5 heteroatoms. The standard InChI is InChI=1S/C12H17ClN2O2/c1-8(9-3-4-9)12(16)11-10(13)7-14-15(11)5-6-17-2/h7-9H,3-6H2,1-2H3. The van der Waals surface area contributed by atoms with Crippen molar-refractivity contribution in [2.45, 2.75) is 26.3 Å². The highest BCUT2D eigenvalue weighted by atomic mass is 35.5. The molecule has 2 rings (SSSR count). The average molecular weight is 257 g/mol. The summed E-state index contributed by atoms with van der Waals surface area (Å²) in [6.45, 7) is 3.06. The van der Waals surface area contributed by atoms with E-state index in [4.69, 9.17) is 16.3 Å². The number of ether oxygens (including phenoxy) is 1. The van der Waals surface area contributed by atoms with Gasteiger partial charge in [0, 0.05) is 13.0 Å². The van der Waals surface area contributed by atoms with Crippen LogP contribution >= 0.6 is 11.6 Å². The third kappa shape index (κ3) is 2.69. The van der Waals surface area contributed by atoms with E-state index in [2.05, 4.69) is 5.10 Å². The van der Waals surface area contributed by atoms with E-state index in [1.165, 1.54) is 6.20 Å². The highest BCUT2D eigenvalue weighted by molar-refractivity contribution is 6.33. The van der Waals surface area contributed by atoms with Crippen LogP contribution in [0.2, 0.25) is 5.02 Å². The van der Waals surface area contributed by atoms with Gasteiger partial charge in [-0.1, -0.05) is 18.5 Å². The summed E-state index contributed by atoms with van der Waals surface area (Å²) in [7, 11) is 1.62. The van der Waals surface area contributed by atoms with Gasteiger partial charge in [0.1, 0.15) is 5.69 Å². The minimum Gasteiger partial charge on any atom is -0.383 e. The van der Waals surface area contributed by atoms with Crippen LogP contribution in [0.15, 0.2) is 6.20 Å². The van der Waals surface area contributed by atoms with Gasteiger partial charge < -0.3 is 4.74 Å². The predicted molar refractivity (Wildman–Crippen MR) is 65.3 cm³/mol. The summed E-state index contributed by atoms with van der Waals surface area (Å²) >= 11 is 6.04. The number of hydrogen-bond donors (Lipinski definition) is 0. The number of aromatic nitrogens is 2. The fourth-order valence-corrected chi connectivity index (χ4v) is 2.22. The van der Waals surface area contributed by atoms with Crippen LogP contribution in [0.5, 0.6) is 0 Å². The smallest absolute Gasteiger partial charge is 0.185 e. The van der Waals surface area contributed by atoms with E-state index in [-0.39, 0.29) is 11.7 Å². The van der Waals surface area contributed by atoms with Gasteiger partial charge >= 0.3 is 0 Å². The Morgan fingerprint density at radius 1 is 1.71 bits per heavy atom. The maximum Gasteiger partial charge on any atom is 0.185 e. The number of methoxy groups -OCH3 is 1. The summed E-state index contributed by atoms with van der Waals surface area (Å²) < 4.78 is 6.64. The Labute approximate surface area is 106 Å². The molecule has 0 spiro atoms. The van der Waals surface area contributed by atoms with Crippen LogP contribution in [0.25, 0.3) is 0 Å². The number of ketones is 1. The first kappa shape index (κ1) is 12.6. The lowest BCUT2D eigenvalue weighted by molar-refractivity contribution is 0.0901. The second kappa shape index (κ2) is 5.19. The Hall–Kier alpha value is -0.870. The lowest BCUT2D eigenvalue weighted by Crippen LogP contribution is -2.20. The molecule has 0 saturated heterocycles. The van der Waals surface area contributed by atoms with Crippen molar-refractivity contribution in [2.24, 2.45) is 11.8 Å². The number of rotatable bonds is 6. The maximum atomic E-state index is 12.3. The summed E-state index contributed by atoms with van der Waals surface area (Å²) in [5.41, 5.74) is 0.531. The zero-order chi connectivity index (χ0) is 12.4. The van der Waals surface area contributed by atoms with E-state index in [0.29, 0.717) is 29.8 Å². The molecule has 1 saturated carbocycles. The van der Waals surface area contributed by atoms with Gasteiger partial charge in [0.05, 0.1) is 24.4 Å². The first-order valence-electron chi connectivity index (χ1n) is 5.89. The average Bonchev–Trinajstić information content (AvgIpc) is 3.10. The molecule has 0 aromatic carbocycles. The highest BCUT2D eigenvalue weighted by Gasteiger charge is 2.35. The number of Topliss-reactive ketones (excluding diaryl/α,β-unsaturated/α-hetero) is 1. The van der Waals surface area contributed by atoms with Crippen LogP contribution in [0.3, 0.4) is 0 Å². The number of nitrogens with zero attached hydrogens (tertiary/aromatic N) is 2. The van der Waals surface area contributed by atoms with Crippen LogP contribution in [0, 0.1) is 11.8 Å². The summed E-state index contributed by atoms with van der Waals surface area (Å²) in [6.07, 6.45) is 3.83. The van der Waals surface area contributed by atoms with Crippen molar-refractivity contribution in [2.75, 3.05) is 13.7 Å². The maximum absolute atomic E-state index is 12.3. The number of hydrogen-bond acceptors (Lipinski definition) is 3. The summed E-state index contributed by atoms with van der Waals surface area (Å²) in [6, 6.07) is 0. The van der Waals surface area contributed by atoms with E-state index < -0.39 is 0 Å². The molecule has 0 N–H and O–H groups in total. The topological polar surface area (TPSA) is 44.1 Å². The molecule has 1 aromatic heterocycles. The van der Waals surface area contributed by atoms with Crippen LogP contribution in [0.4, 0.5) is 0 Å². The lowest BCUT2D eigenvalue weighted by atomic mass is 9.98. The SMILES string of the molecule is COCCn1ncc(Cl)c1C(=O)C(C)C1CC1. The first-order valence-corrected chi connectivity index (χ1v) is 6.27. The van der Waals surface area contributed by atoms with Crippen molar-refractivity contribution >= 4 is 17.4 Å². The van der Waals surface area contributed by atoms with Gasteiger partial charge in [0.2, 0.25) is 0 Å². The number of carbonyl (C=O) groups is 1. The zero-order valence-electron chi connectivity index (χ0n) is 10.1. The molecule has 0 aliphatic heterocycles. The van der Waals surface area contributed by atoms with Crippen LogP contribution in [-0.2, 0) is 11.3 Å². The van der Waals surface area contributed by atoms with Gasteiger partial charge in [0.25, 0.3) is 0 Å². The molecule has 1 aromatic rings. The number of carbonyl (C=O) groups excluding carboxylic acids is 1. The van der Waals surface area contributed by atoms with Gasteiger partial charge in [-0.05, 0) is 18.8 Å². The zero-order valence-corrected chi connectivity index (χ0v) is 10.9. The summed E-state index contributed by atoms with van der Waals surface area (Å²) in [4.78, 5) is 12.3. The van der Waals surface area contributed by atoms with Crippen molar-refractivity contribution in [3.8, 4) is 0 Å². The summed E-state index contributed by atoms with van der Waals surface area (Å²) in [5, 5.41) is 4.56. The Morgan fingerprint density at radius 3 is 3.00 bits per heavy atom. The van der Waals surface area contributed by atoms with Crippen molar-refractivity contribution in [1.29, 1.82) is 0 Å². The third-order valence-electron chi connectivity index (χ3n) is 3.28. The minimum absolute atomic E-state index is 0.0468. The van der Waals surface area contributed by atoms with Crippen LogP contribution in [0.1, 0.15) is 30.3 Å². The molecule has 4 nitrogen and oxygen atoms in total. The first-order chi connectivity index (χ1) is 8.15. The lowest BCUT2D eigenvalue weighted by Gasteiger charge is -2.11. The van der Waals surface area contributed by atoms with Gasteiger partial charge in [-0.2, -0.15) is 5.10 Å². The van der Waals surface area contributed by atoms with E-state index in [9.17, 15) is 4.79 Å². The molecule has 1 unspecified atom stereocenters. The molecule has 0 bridgehead atoms. The van der Waals surface area contributed by atoms with Gasteiger partial charge in [-0.25, -0.2) is 0 Å². The highest BCUT2D eigenvalue weighted by Crippen LogP contribution is 2.38. The monoisotopic (exact) mass is 256 g/mol. The molecular formula is C12H17ClN2O2. The molecule has 1 aliphatic rings. The van der Waals surface area contributed by atoms with Crippen LogP contribution < -0.4 is 0 Å². The van der Waals surface area contributed by atoms with Gasteiger partial charge in [-0.15, -0.1) is 0 Å². The molecule has 1 atom stereocenters. The Balaban J connectivity index is 2.17. The second-order valence-corrected chi connectivity index (χ2v) is 4.95. The third-order valence-corrected chi connectivity index (χ3v) is 3.55. The van der Waals surface area contributed by atoms with Gasteiger partial charge in [-0.3, -0.25) is 9.48 Å². The minimum atomic E-state index is 0.0468. The molecule has 17 heavy (non-hydrogen) atoms. The van der Waals surface area contributed by atoms with Crippen molar-refractivity contribution in [1.82, 2.24) is 9.78 Å². The van der Waals surface area contributed by atoms with Crippen LogP contribution in [-0.4, -0.2) is 29.3 Å². The molecular weight excluding hydrogens is 240 g/mol. The molecule has 0 radical (unpaired) electrons. The van der Waals surface area contributed by atoms with Crippen molar-refractivity contribution < 1.29 is 9.53 Å². The molecule has 1 fully saturated rings.